The summed E-state index contributed by atoms with van der Waals surface area (Å²) in [5.74, 6) is -0.0984. The monoisotopic (exact) mass is 304 g/mol. The van der Waals surface area contributed by atoms with E-state index in [1.54, 1.807) is 0 Å². The minimum Gasteiger partial charge on any atom is -0.355 e. The summed E-state index contributed by atoms with van der Waals surface area (Å²) in [6.45, 7) is 13.1. The van der Waals surface area contributed by atoms with Gasteiger partial charge in [-0.15, -0.1) is 0 Å². The van der Waals surface area contributed by atoms with Gasteiger partial charge in [-0.2, -0.15) is 0 Å². The third-order valence-corrected chi connectivity index (χ3v) is 3.72. The predicted molar refractivity (Wildman–Crippen MR) is 90.0 cm³/mol. The third kappa shape index (κ3) is 5.51. The van der Waals surface area contributed by atoms with E-state index in [-0.39, 0.29) is 17.2 Å². The van der Waals surface area contributed by atoms with Gasteiger partial charge in [0.1, 0.15) is 0 Å². The van der Waals surface area contributed by atoms with Crippen LogP contribution in [0.15, 0.2) is 12.1 Å². The Balaban J connectivity index is 2.70. The van der Waals surface area contributed by atoms with E-state index < -0.39 is 0 Å². The molecule has 0 heterocycles. The summed E-state index contributed by atoms with van der Waals surface area (Å²) >= 11 is 0. The van der Waals surface area contributed by atoms with E-state index in [4.69, 9.17) is 0 Å². The van der Waals surface area contributed by atoms with Crippen molar-refractivity contribution >= 4 is 11.8 Å². The lowest BCUT2D eigenvalue weighted by Gasteiger charge is -2.22. The number of carbonyl (C=O) groups is 2. The van der Waals surface area contributed by atoms with Gasteiger partial charge >= 0.3 is 0 Å². The standard InChI is InChI=1S/C18H28N2O2/c1-12-9-15(18(4,5)6)10-13(2)16(12)11-17(22)20-8-7-19-14(3)21/h9-10H,7-8,11H2,1-6H3,(H,19,21)(H,20,22). The summed E-state index contributed by atoms with van der Waals surface area (Å²) in [6, 6.07) is 4.35. The fourth-order valence-corrected chi connectivity index (χ4v) is 2.37. The molecule has 0 spiro atoms. The number of hydrogen-bond donors (Lipinski definition) is 2. The van der Waals surface area contributed by atoms with Gasteiger partial charge in [-0.3, -0.25) is 9.59 Å². The molecule has 1 rings (SSSR count). The van der Waals surface area contributed by atoms with Crippen LogP contribution < -0.4 is 10.6 Å². The molecule has 0 aliphatic heterocycles. The zero-order valence-electron chi connectivity index (χ0n) is 14.6. The average molecular weight is 304 g/mol. The molecule has 0 radical (unpaired) electrons. The lowest BCUT2D eigenvalue weighted by Crippen LogP contribution is -2.34. The highest BCUT2D eigenvalue weighted by molar-refractivity contribution is 5.79. The number of rotatable bonds is 5. The molecular formula is C18H28N2O2. The molecule has 1 aromatic rings. The van der Waals surface area contributed by atoms with Crippen LogP contribution in [-0.4, -0.2) is 24.9 Å². The highest BCUT2D eigenvalue weighted by atomic mass is 16.2. The van der Waals surface area contributed by atoms with Gasteiger partial charge in [-0.25, -0.2) is 0 Å². The van der Waals surface area contributed by atoms with Gasteiger partial charge in [-0.1, -0.05) is 32.9 Å². The van der Waals surface area contributed by atoms with Crippen molar-refractivity contribution in [3.8, 4) is 0 Å². The average Bonchev–Trinajstić information content (AvgIpc) is 2.37. The maximum Gasteiger partial charge on any atom is 0.224 e. The maximum absolute atomic E-state index is 12.0. The van der Waals surface area contributed by atoms with E-state index in [2.05, 4.69) is 57.4 Å². The Bertz CT molecular complexity index is 534. The zero-order valence-corrected chi connectivity index (χ0v) is 14.6. The van der Waals surface area contributed by atoms with Gasteiger partial charge in [0.2, 0.25) is 11.8 Å². The number of nitrogens with one attached hydrogen (secondary N) is 2. The first-order valence-electron chi connectivity index (χ1n) is 7.73. The summed E-state index contributed by atoms with van der Waals surface area (Å²) in [4.78, 5) is 22.8. The molecule has 4 nitrogen and oxygen atoms in total. The molecule has 0 atom stereocenters. The van der Waals surface area contributed by atoms with Crippen LogP contribution >= 0.6 is 0 Å². The van der Waals surface area contributed by atoms with Crippen LogP contribution in [0.25, 0.3) is 0 Å². The first-order valence-corrected chi connectivity index (χ1v) is 7.73. The van der Waals surface area contributed by atoms with Gasteiger partial charge in [0.25, 0.3) is 0 Å². The van der Waals surface area contributed by atoms with E-state index in [0.29, 0.717) is 19.5 Å². The maximum atomic E-state index is 12.0. The number of carbonyl (C=O) groups excluding carboxylic acids is 2. The topological polar surface area (TPSA) is 58.2 Å². The van der Waals surface area contributed by atoms with Crippen molar-refractivity contribution in [3.05, 3.63) is 34.4 Å². The van der Waals surface area contributed by atoms with E-state index in [1.807, 2.05) is 0 Å². The van der Waals surface area contributed by atoms with Crippen molar-refractivity contribution in [2.24, 2.45) is 0 Å². The van der Waals surface area contributed by atoms with E-state index in [1.165, 1.54) is 12.5 Å². The lowest BCUT2D eigenvalue weighted by molar-refractivity contribution is -0.121. The van der Waals surface area contributed by atoms with Gasteiger partial charge < -0.3 is 10.6 Å². The van der Waals surface area contributed by atoms with Crippen LogP contribution in [0.2, 0.25) is 0 Å². The van der Waals surface area contributed by atoms with E-state index in [9.17, 15) is 9.59 Å². The molecule has 4 heteroatoms. The molecule has 0 aliphatic carbocycles. The van der Waals surface area contributed by atoms with Crippen LogP contribution in [0.5, 0.6) is 0 Å². The Kier molecular flexibility index (Phi) is 6.15. The Morgan fingerprint density at radius 3 is 1.95 bits per heavy atom. The van der Waals surface area contributed by atoms with Crippen LogP contribution in [0, 0.1) is 13.8 Å². The number of benzene rings is 1. The molecule has 0 unspecified atom stereocenters. The summed E-state index contributed by atoms with van der Waals surface area (Å²) in [5, 5.41) is 5.49. The van der Waals surface area contributed by atoms with Crippen LogP contribution in [-0.2, 0) is 21.4 Å². The molecule has 0 saturated heterocycles. The van der Waals surface area contributed by atoms with Crippen LogP contribution in [0.3, 0.4) is 0 Å². The summed E-state index contributed by atoms with van der Waals surface area (Å²) in [7, 11) is 0. The summed E-state index contributed by atoms with van der Waals surface area (Å²) < 4.78 is 0. The van der Waals surface area contributed by atoms with Gasteiger partial charge in [0.05, 0.1) is 6.42 Å². The van der Waals surface area contributed by atoms with Crippen molar-refractivity contribution < 1.29 is 9.59 Å². The Morgan fingerprint density at radius 1 is 1.00 bits per heavy atom. The normalized spacial score (nSPS) is 11.2. The predicted octanol–water partition coefficient (Wildman–Crippen LogP) is 2.40. The molecular weight excluding hydrogens is 276 g/mol. The van der Waals surface area contributed by atoms with Gasteiger partial charge in [0.15, 0.2) is 0 Å². The quantitative estimate of drug-likeness (QED) is 0.821. The second-order valence-electron chi connectivity index (χ2n) is 6.85. The third-order valence-electron chi connectivity index (χ3n) is 3.72. The number of amides is 2. The summed E-state index contributed by atoms with van der Waals surface area (Å²) in [6.07, 6.45) is 0.377. The smallest absolute Gasteiger partial charge is 0.224 e. The SMILES string of the molecule is CC(=O)NCCNC(=O)Cc1c(C)cc(C(C)(C)C)cc1C. The minimum absolute atomic E-state index is 0.0138. The highest BCUT2D eigenvalue weighted by Crippen LogP contribution is 2.27. The minimum atomic E-state index is -0.0845. The Labute approximate surface area is 133 Å². The van der Waals surface area contributed by atoms with Gasteiger partial charge in [-0.05, 0) is 41.5 Å². The second kappa shape index (κ2) is 7.43. The lowest BCUT2D eigenvalue weighted by atomic mass is 9.83. The first kappa shape index (κ1) is 18.2. The molecule has 22 heavy (non-hydrogen) atoms. The fraction of sp³-hybridized carbons (Fsp3) is 0.556. The summed E-state index contributed by atoms with van der Waals surface area (Å²) in [5.41, 5.74) is 4.79. The molecule has 1 aromatic carbocycles. The van der Waals surface area contributed by atoms with E-state index in [0.717, 1.165) is 16.7 Å². The second-order valence-corrected chi connectivity index (χ2v) is 6.85. The molecule has 0 aliphatic rings. The highest BCUT2D eigenvalue weighted by Gasteiger charge is 2.17. The van der Waals surface area contributed by atoms with Crippen molar-refractivity contribution in [2.45, 2.75) is 53.4 Å². The van der Waals surface area contributed by atoms with Crippen molar-refractivity contribution in [3.63, 3.8) is 0 Å². The van der Waals surface area contributed by atoms with Crippen molar-refractivity contribution in [2.75, 3.05) is 13.1 Å². The molecule has 2 N–H and O–H groups in total. The van der Waals surface area contributed by atoms with Crippen LogP contribution in [0.4, 0.5) is 0 Å². The Morgan fingerprint density at radius 2 is 1.50 bits per heavy atom. The zero-order chi connectivity index (χ0) is 16.9. The largest absolute Gasteiger partial charge is 0.355 e. The molecule has 0 fully saturated rings. The molecule has 0 saturated carbocycles. The fourth-order valence-electron chi connectivity index (χ4n) is 2.37. The molecule has 0 aromatic heterocycles. The van der Waals surface area contributed by atoms with Crippen LogP contribution in [0.1, 0.15) is 49.9 Å². The number of aryl methyl sites for hydroxylation is 2. The van der Waals surface area contributed by atoms with Crippen molar-refractivity contribution in [1.82, 2.24) is 10.6 Å². The molecule has 0 bridgehead atoms. The van der Waals surface area contributed by atoms with E-state index >= 15 is 0 Å². The first-order chi connectivity index (χ1) is 10.1. The number of hydrogen-bond acceptors (Lipinski definition) is 2. The molecule has 122 valence electrons. The van der Waals surface area contributed by atoms with Gasteiger partial charge in [0, 0.05) is 20.0 Å². The Hall–Kier alpha value is -1.84. The van der Waals surface area contributed by atoms with Crippen molar-refractivity contribution in [1.29, 1.82) is 0 Å². The molecule has 2 amide bonds.